The van der Waals surface area contributed by atoms with Gasteiger partial charge >= 0.3 is 0 Å². The van der Waals surface area contributed by atoms with Crippen molar-refractivity contribution in [1.29, 1.82) is 0 Å². The lowest BCUT2D eigenvalue weighted by molar-refractivity contribution is 1.30. The van der Waals surface area contributed by atoms with Crippen molar-refractivity contribution < 1.29 is 0 Å². The topological polar surface area (TPSA) is 50.9 Å². The number of anilines is 3. The van der Waals surface area contributed by atoms with Gasteiger partial charge in [-0.1, -0.05) is 17.7 Å². The highest BCUT2D eigenvalue weighted by molar-refractivity contribution is 9.11. The SMILES string of the molecule is Nc1cc(Cl)nc(Nc2c(Br)cccc2Br)c1. The smallest absolute Gasteiger partial charge is 0.134 e. The Morgan fingerprint density at radius 3 is 2.41 bits per heavy atom. The lowest BCUT2D eigenvalue weighted by atomic mass is 10.3. The molecule has 0 spiro atoms. The second-order valence-corrected chi connectivity index (χ2v) is 5.43. The van der Waals surface area contributed by atoms with Gasteiger partial charge in [0.05, 0.1) is 5.69 Å². The first kappa shape index (κ1) is 12.7. The summed E-state index contributed by atoms with van der Waals surface area (Å²) < 4.78 is 1.85. The lowest BCUT2D eigenvalue weighted by Crippen LogP contribution is -1.97. The summed E-state index contributed by atoms with van der Waals surface area (Å²) in [4.78, 5) is 4.14. The Morgan fingerprint density at radius 1 is 1.18 bits per heavy atom. The van der Waals surface area contributed by atoms with Gasteiger partial charge in [-0.25, -0.2) is 4.98 Å². The van der Waals surface area contributed by atoms with Crippen LogP contribution in [0, 0.1) is 0 Å². The normalized spacial score (nSPS) is 10.3. The van der Waals surface area contributed by atoms with E-state index < -0.39 is 0 Å². The number of para-hydroxylation sites is 1. The molecule has 0 fully saturated rings. The van der Waals surface area contributed by atoms with Crippen LogP contribution in [-0.4, -0.2) is 4.98 Å². The molecule has 1 aromatic carbocycles. The zero-order chi connectivity index (χ0) is 12.4. The van der Waals surface area contributed by atoms with Gasteiger partial charge in [0.1, 0.15) is 11.0 Å². The third kappa shape index (κ3) is 3.12. The molecule has 2 rings (SSSR count). The van der Waals surface area contributed by atoms with Crippen molar-refractivity contribution in [3.63, 3.8) is 0 Å². The van der Waals surface area contributed by atoms with Gasteiger partial charge in [0.15, 0.2) is 0 Å². The molecule has 0 bridgehead atoms. The number of nitrogens with two attached hydrogens (primary N) is 1. The first-order valence-electron chi connectivity index (χ1n) is 4.70. The average molecular weight is 377 g/mol. The molecule has 0 atom stereocenters. The van der Waals surface area contributed by atoms with Gasteiger partial charge in [0.2, 0.25) is 0 Å². The van der Waals surface area contributed by atoms with Gasteiger partial charge in [0.25, 0.3) is 0 Å². The number of nitrogens with one attached hydrogen (secondary N) is 1. The van der Waals surface area contributed by atoms with Crippen LogP contribution < -0.4 is 11.1 Å². The Balaban J connectivity index is 2.38. The highest BCUT2D eigenvalue weighted by Crippen LogP contribution is 2.33. The van der Waals surface area contributed by atoms with Gasteiger partial charge in [-0.05, 0) is 50.1 Å². The fraction of sp³-hybridized carbons (Fsp3) is 0. The van der Waals surface area contributed by atoms with Crippen LogP contribution in [0.5, 0.6) is 0 Å². The number of hydrogen-bond donors (Lipinski definition) is 2. The molecule has 0 aliphatic rings. The molecule has 3 nitrogen and oxygen atoms in total. The molecule has 0 aliphatic carbocycles. The molecule has 0 radical (unpaired) electrons. The molecule has 0 amide bonds. The Labute approximate surface area is 121 Å². The maximum atomic E-state index is 5.84. The highest BCUT2D eigenvalue weighted by atomic mass is 79.9. The minimum atomic E-state index is 0.357. The summed E-state index contributed by atoms with van der Waals surface area (Å²) >= 11 is 12.8. The Hall–Kier alpha value is -0.780. The molecule has 0 saturated carbocycles. The van der Waals surface area contributed by atoms with Crippen LogP contribution in [0.4, 0.5) is 17.2 Å². The molecule has 0 aliphatic heterocycles. The van der Waals surface area contributed by atoms with Crippen molar-refractivity contribution in [2.24, 2.45) is 0 Å². The van der Waals surface area contributed by atoms with Crippen LogP contribution in [0.1, 0.15) is 0 Å². The fourth-order valence-corrected chi connectivity index (χ4v) is 2.74. The van der Waals surface area contributed by atoms with Crippen LogP contribution >= 0.6 is 43.5 Å². The summed E-state index contributed by atoms with van der Waals surface area (Å²) in [6, 6.07) is 9.11. The number of hydrogen-bond acceptors (Lipinski definition) is 3. The van der Waals surface area contributed by atoms with Crippen LogP contribution in [0.2, 0.25) is 5.15 Å². The molecule has 88 valence electrons. The van der Waals surface area contributed by atoms with E-state index in [4.69, 9.17) is 17.3 Å². The third-order valence-corrected chi connectivity index (χ3v) is 3.55. The Kier molecular flexibility index (Phi) is 3.91. The molecule has 3 N–H and O–H groups in total. The lowest BCUT2D eigenvalue weighted by Gasteiger charge is -2.10. The van der Waals surface area contributed by atoms with E-state index in [1.165, 1.54) is 0 Å². The number of nitrogen functional groups attached to an aromatic ring is 1. The van der Waals surface area contributed by atoms with Gasteiger partial charge in [-0.2, -0.15) is 0 Å². The van der Waals surface area contributed by atoms with Crippen LogP contribution in [0.15, 0.2) is 39.3 Å². The van der Waals surface area contributed by atoms with Crippen molar-refractivity contribution in [2.45, 2.75) is 0 Å². The van der Waals surface area contributed by atoms with Crippen molar-refractivity contribution >= 4 is 60.7 Å². The van der Waals surface area contributed by atoms with E-state index in [-0.39, 0.29) is 0 Å². The first-order chi connectivity index (χ1) is 8.06. The molecule has 0 unspecified atom stereocenters. The van der Waals surface area contributed by atoms with Crippen LogP contribution in [0.3, 0.4) is 0 Å². The molecular weight excluding hydrogens is 369 g/mol. The van der Waals surface area contributed by atoms with Gasteiger partial charge < -0.3 is 11.1 Å². The molecule has 6 heteroatoms. The summed E-state index contributed by atoms with van der Waals surface area (Å²) in [6.07, 6.45) is 0. The number of halogens is 3. The Bertz CT molecular complexity index is 520. The first-order valence-corrected chi connectivity index (χ1v) is 6.67. The number of rotatable bonds is 2. The number of aromatic nitrogens is 1. The molecule has 2 aromatic rings. The standard InChI is InChI=1S/C11H8Br2ClN3/c12-7-2-1-3-8(13)11(7)17-10-5-6(15)4-9(14)16-10/h1-5H,(H3,15,16,17). The molecular formula is C11H8Br2ClN3. The summed E-state index contributed by atoms with van der Waals surface area (Å²) in [6.45, 7) is 0. The summed E-state index contributed by atoms with van der Waals surface area (Å²) in [5.41, 5.74) is 7.14. The van der Waals surface area contributed by atoms with Crippen LogP contribution in [0.25, 0.3) is 0 Å². The van der Waals surface area contributed by atoms with Crippen molar-refractivity contribution in [1.82, 2.24) is 4.98 Å². The second-order valence-electron chi connectivity index (χ2n) is 3.33. The highest BCUT2D eigenvalue weighted by Gasteiger charge is 2.06. The molecule has 1 aromatic heterocycles. The number of nitrogens with zero attached hydrogens (tertiary/aromatic N) is 1. The van der Waals surface area contributed by atoms with Crippen LogP contribution in [-0.2, 0) is 0 Å². The van der Waals surface area contributed by atoms with Crippen molar-refractivity contribution in [2.75, 3.05) is 11.1 Å². The predicted molar refractivity (Wildman–Crippen MR) is 78.8 cm³/mol. The average Bonchev–Trinajstić information content (AvgIpc) is 2.22. The zero-order valence-corrected chi connectivity index (χ0v) is 12.5. The fourth-order valence-electron chi connectivity index (χ4n) is 1.33. The minimum Gasteiger partial charge on any atom is -0.399 e. The van der Waals surface area contributed by atoms with E-state index in [2.05, 4.69) is 42.2 Å². The van der Waals surface area contributed by atoms with Gasteiger partial charge in [0, 0.05) is 20.7 Å². The summed E-state index contributed by atoms with van der Waals surface area (Å²) in [5.74, 6) is 0.600. The third-order valence-electron chi connectivity index (χ3n) is 2.03. The van der Waals surface area contributed by atoms with Crippen molar-refractivity contribution in [3.05, 3.63) is 44.4 Å². The summed E-state index contributed by atoms with van der Waals surface area (Å²) in [7, 11) is 0. The van der Waals surface area contributed by atoms with E-state index in [1.54, 1.807) is 12.1 Å². The predicted octanol–water partition coefficient (Wildman–Crippen LogP) is 4.59. The van der Waals surface area contributed by atoms with E-state index >= 15 is 0 Å². The van der Waals surface area contributed by atoms with E-state index in [1.807, 2.05) is 18.2 Å². The maximum absolute atomic E-state index is 5.84. The van der Waals surface area contributed by atoms with Crippen molar-refractivity contribution in [3.8, 4) is 0 Å². The number of pyridine rings is 1. The van der Waals surface area contributed by atoms with Gasteiger partial charge in [-0.15, -0.1) is 0 Å². The monoisotopic (exact) mass is 375 g/mol. The molecule has 1 heterocycles. The Morgan fingerprint density at radius 2 is 1.82 bits per heavy atom. The second kappa shape index (κ2) is 5.25. The van der Waals surface area contributed by atoms with E-state index in [9.17, 15) is 0 Å². The summed E-state index contributed by atoms with van der Waals surface area (Å²) in [5, 5.41) is 3.51. The largest absolute Gasteiger partial charge is 0.399 e. The number of benzene rings is 1. The zero-order valence-electron chi connectivity index (χ0n) is 8.55. The molecule has 17 heavy (non-hydrogen) atoms. The van der Waals surface area contributed by atoms with Gasteiger partial charge in [-0.3, -0.25) is 0 Å². The molecule has 0 saturated heterocycles. The van der Waals surface area contributed by atoms with E-state index in [0.29, 0.717) is 16.7 Å². The minimum absolute atomic E-state index is 0.357. The van der Waals surface area contributed by atoms with E-state index in [0.717, 1.165) is 14.6 Å². The maximum Gasteiger partial charge on any atom is 0.134 e. The quantitative estimate of drug-likeness (QED) is 0.753.